The monoisotopic (exact) mass is 428 g/mol. The molecule has 2 amide bonds. The van der Waals surface area contributed by atoms with Gasteiger partial charge < -0.3 is 10.6 Å². The minimum Gasteiger partial charge on any atom is -0.359 e. The Morgan fingerprint density at radius 1 is 1.15 bits per heavy atom. The number of halogens is 1. The van der Waals surface area contributed by atoms with Crippen LogP contribution in [0.4, 0.5) is 5.69 Å². The fourth-order valence-corrected chi connectivity index (χ4v) is 3.01. The van der Waals surface area contributed by atoms with Crippen molar-refractivity contribution < 1.29 is 9.59 Å². The van der Waals surface area contributed by atoms with E-state index in [0.717, 1.165) is 4.47 Å². The fourth-order valence-electron chi connectivity index (χ4n) is 2.65. The summed E-state index contributed by atoms with van der Waals surface area (Å²) in [6.45, 7) is -0.178. The van der Waals surface area contributed by atoms with Gasteiger partial charge >= 0.3 is 0 Å². The van der Waals surface area contributed by atoms with Crippen molar-refractivity contribution in [2.24, 2.45) is 0 Å². The van der Waals surface area contributed by atoms with E-state index in [9.17, 15) is 14.4 Å². The predicted octanol–water partition coefficient (Wildman–Crippen LogP) is 2.09. The SMILES string of the molecule is CNC(=O)Cc1ccccc1NC(=O)Cn1cnc2ccc(Br)cc2c1=O. The molecule has 0 saturated carbocycles. The number of likely N-dealkylation sites (N-methyl/N-ethyl adjacent to an activating group) is 1. The summed E-state index contributed by atoms with van der Waals surface area (Å²) in [6.07, 6.45) is 1.51. The lowest BCUT2D eigenvalue weighted by molar-refractivity contribution is -0.120. The van der Waals surface area contributed by atoms with Gasteiger partial charge in [0.05, 0.1) is 23.7 Å². The lowest BCUT2D eigenvalue weighted by Crippen LogP contribution is -2.28. The summed E-state index contributed by atoms with van der Waals surface area (Å²) < 4.78 is 2.02. The molecule has 2 aromatic carbocycles. The van der Waals surface area contributed by atoms with Crippen LogP contribution in [0.1, 0.15) is 5.56 Å². The summed E-state index contributed by atoms with van der Waals surface area (Å²) in [6, 6.07) is 12.3. The first-order chi connectivity index (χ1) is 13.0. The molecular formula is C19H17BrN4O3. The number of hydrogen-bond acceptors (Lipinski definition) is 4. The number of para-hydroxylation sites is 1. The molecule has 0 aliphatic rings. The van der Waals surface area contributed by atoms with Gasteiger partial charge in [0.1, 0.15) is 6.54 Å². The summed E-state index contributed by atoms with van der Waals surface area (Å²) in [5.74, 6) is -0.533. The molecule has 27 heavy (non-hydrogen) atoms. The Bertz CT molecular complexity index is 1080. The van der Waals surface area contributed by atoms with Gasteiger partial charge in [0.15, 0.2) is 0 Å². The molecule has 0 fully saturated rings. The Kier molecular flexibility index (Phi) is 5.66. The average molecular weight is 429 g/mol. The van der Waals surface area contributed by atoms with Crippen molar-refractivity contribution in [3.05, 3.63) is 69.2 Å². The number of carbonyl (C=O) groups is 2. The van der Waals surface area contributed by atoms with E-state index in [4.69, 9.17) is 0 Å². The van der Waals surface area contributed by atoms with Crippen LogP contribution in [0, 0.1) is 0 Å². The van der Waals surface area contributed by atoms with Crippen LogP contribution in [0.15, 0.2) is 58.1 Å². The first-order valence-corrected chi connectivity index (χ1v) is 9.00. The van der Waals surface area contributed by atoms with Crippen LogP contribution in [0.2, 0.25) is 0 Å². The minimum atomic E-state index is -0.377. The van der Waals surface area contributed by atoms with Gasteiger partial charge in [-0.1, -0.05) is 34.1 Å². The maximum absolute atomic E-state index is 12.6. The summed E-state index contributed by atoms with van der Waals surface area (Å²) in [5.41, 5.74) is 1.50. The van der Waals surface area contributed by atoms with Gasteiger partial charge in [-0.05, 0) is 29.8 Å². The van der Waals surface area contributed by atoms with Crippen LogP contribution in [-0.2, 0) is 22.6 Å². The Labute approximate surface area is 163 Å². The van der Waals surface area contributed by atoms with Crippen LogP contribution in [0.3, 0.4) is 0 Å². The summed E-state index contributed by atoms with van der Waals surface area (Å²) in [7, 11) is 1.56. The molecule has 0 atom stereocenters. The topological polar surface area (TPSA) is 93.1 Å². The first kappa shape index (κ1) is 18.8. The molecule has 0 aliphatic heterocycles. The van der Waals surface area contributed by atoms with E-state index in [1.807, 2.05) is 0 Å². The Hall–Kier alpha value is -3.00. The molecule has 0 radical (unpaired) electrons. The summed E-state index contributed by atoms with van der Waals surface area (Å²) in [4.78, 5) is 40.9. The van der Waals surface area contributed by atoms with E-state index < -0.39 is 0 Å². The van der Waals surface area contributed by atoms with Crippen molar-refractivity contribution in [2.75, 3.05) is 12.4 Å². The number of hydrogen-bond donors (Lipinski definition) is 2. The first-order valence-electron chi connectivity index (χ1n) is 8.21. The molecule has 3 aromatic rings. The zero-order chi connectivity index (χ0) is 19.4. The molecule has 0 unspecified atom stereocenters. The normalized spacial score (nSPS) is 10.6. The molecule has 8 heteroatoms. The molecule has 1 heterocycles. The Morgan fingerprint density at radius 2 is 1.93 bits per heavy atom. The molecule has 0 aliphatic carbocycles. The number of carbonyl (C=O) groups excluding carboxylic acids is 2. The number of amides is 2. The fraction of sp³-hybridized carbons (Fsp3) is 0.158. The highest BCUT2D eigenvalue weighted by atomic mass is 79.9. The van der Waals surface area contributed by atoms with Crippen LogP contribution in [0.25, 0.3) is 10.9 Å². The van der Waals surface area contributed by atoms with Crippen molar-refractivity contribution in [1.29, 1.82) is 0 Å². The van der Waals surface area contributed by atoms with E-state index in [0.29, 0.717) is 22.2 Å². The second-order valence-electron chi connectivity index (χ2n) is 5.89. The highest BCUT2D eigenvalue weighted by molar-refractivity contribution is 9.10. The van der Waals surface area contributed by atoms with Gasteiger partial charge in [-0.2, -0.15) is 0 Å². The minimum absolute atomic E-state index is 0.151. The van der Waals surface area contributed by atoms with E-state index in [1.165, 1.54) is 10.9 Å². The molecular weight excluding hydrogens is 412 g/mol. The Morgan fingerprint density at radius 3 is 2.70 bits per heavy atom. The lowest BCUT2D eigenvalue weighted by atomic mass is 10.1. The third-order valence-electron chi connectivity index (χ3n) is 4.02. The van der Waals surface area contributed by atoms with Gasteiger partial charge in [-0.25, -0.2) is 4.98 Å². The molecule has 0 saturated heterocycles. The van der Waals surface area contributed by atoms with Gasteiger partial charge in [-0.3, -0.25) is 19.0 Å². The van der Waals surface area contributed by atoms with Gasteiger partial charge in [0, 0.05) is 17.2 Å². The number of fused-ring (bicyclic) bond motifs is 1. The zero-order valence-corrected chi connectivity index (χ0v) is 16.1. The maximum atomic E-state index is 12.6. The van der Waals surface area contributed by atoms with E-state index in [1.54, 1.807) is 49.5 Å². The van der Waals surface area contributed by atoms with Gasteiger partial charge in [0.2, 0.25) is 11.8 Å². The number of aromatic nitrogens is 2. The van der Waals surface area contributed by atoms with Gasteiger partial charge in [-0.15, -0.1) is 0 Å². The highest BCUT2D eigenvalue weighted by Crippen LogP contribution is 2.16. The summed E-state index contributed by atoms with van der Waals surface area (Å²) in [5, 5.41) is 5.74. The molecule has 0 spiro atoms. The molecule has 7 nitrogen and oxygen atoms in total. The van der Waals surface area contributed by atoms with Crippen molar-refractivity contribution >= 4 is 44.3 Å². The zero-order valence-electron chi connectivity index (χ0n) is 14.5. The van der Waals surface area contributed by atoms with Crippen LogP contribution < -0.4 is 16.2 Å². The van der Waals surface area contributed by atoms with Crippen LogP contribution >= 0.6 is 15.9 Å². The standard InChI is InChI=1S/C19H17BrN4O3/c1-21-17(25)8-12-4-2-3-5-15(12)23-18(26)10-24-11-22-16-7-6-13(20)9-14(16)19(24)27/h2-7,9,11H,8,10H2,1H3,(H,21,25)(H,23,26). The molecule has 2 N–H and O–H groups in total. The van der Waals surface area contributed by atoms with E-state index in [2.05, 4.69) is 31.5 Å². The molecule has 1 aromatic heterocycles. The maximum Gasteiger partial charge on any atom is 0.261 e. The third-order valence-corrected chi connectivity index (χ3v) is 4.51. The number of benzene rings is 2. The number of nitrogens with zero attached hydrogens (tertiary/aromatic N) is 2. The van der Waals surface area contributed by atoms with Crippen LogP contribution in [0.5, 0.6) is 0 Å². The lowest BCUT2D eigenvalue weighted by Gasteiger charge is -2.11. The van der Waals surface area contributed by atoms with Crippen molar-refractivity contribution in [2.45, 2.75) is 13.0 Å². The van der Waals surface area contributed by atoms with Crippen molar-refractivity contribution in [1.82, 2.24) is 14.9 Å². The molecule has 3 rings (SSSR count). The summed E-state index contributed by atoms with van der Waals surface area (Å²) >= 11 is 3.33. The highest BCUT2D eigenvalue weighted by Gasteiger charge is 2.12. The largest absolute Gasteiger partial charge is 0.359 e. The van der Waals surface area contributed by atoms with Crippen molar-refractivity contribution in [3.63, 3.8) is 0 Å². The number of anilines is 1. The predicted molar refractivity (Wildman–Crippen MR) is 107 cm³/mol. The van der Waals surface area contributed by atoms with Crippen LogP contribution in [-0.4, -0.2) is 28.4 Å². The molecule has 138 valence electrons. The third kappa shape index (κ3) is 4.40. The second-order valence-corrected chi connectivity index (χ2v) is 6.81. The quantitative estimate of drug-likeness (QED) is 0.650. The average Bonchev–Trinajstić information content (AvgIpc) is 2.66. The Balaban J connectivity index is 1.81. The molecule has 0 bridgehead atoms. The van der Waals surface area contributed by atoms with E-state index >= 15 is 0 Å². The number of rotatable bonds is 5. The second kappa shape index (κ2) is 8.13. The van der Waals surface area contributed by atoms with E-state index in [-0.39, 0.29) is 30.3 Å². The van der Waals surface area contributed by atoms with Crippen molar-refractivity contribution in [3.8, 4) is 0 Å². The smallest absolute Gasteiger partial charge is 0.261 e. The number of nitrogens with one attached hydrogen (secondary N) is 2. The van der Waals surface area contributed by atoms with Gasteiger partial charge in [0.25, 0.3) is 5.56 Å².